The number of aromatic carboxylic acids is 1. The summed E-state index contributed by atoms with van der Waals surface area (Å²) >= 11 is 3.22. The molecule has 5 heteroatoms. The van der Waals surface area contributed by atoms with E-state index in [0.29, 0.717) is 21.5 Å². The molecule has 0 amide bonds. The van der Waals surface area contributed by atoms with Crippen molar-refractivity contribution in [3.8, 4) is 11.5 Å². The minimum Gasteiger partial charge on any atom is -0.478 e. The maximum absolute atomic E-state index is 13.0. The maximum atomic E-state index is 13.0. The van der Waals surface area contributed by atoms with E-state index in [9.17, 15) is 9.18 Å². The van der Waals surface area contributed by atoms with Crippen molar-refractivity contribution in [1.29, 1.82) is 0 Å². The van der Waals surface area contributed by atoms with Crippen LogP contribution in [0.2, 0.25) is 0 Å². The van der Waals surface area contributed by atoms with Gasteiger partial charge in [-0.15, -0.1) is 0 Å². The highest BCUT2D eigenvalue weighted by molar-refractivity contribution is 9.10. The Morgan fingerprint density at radius 2 is 2.00 bits per heavy atom. The van der Waals surface area contributed by atoms with Gasteiger partial charge in [-0.25, -0.2) is 9.18 Å². The summed E-state index contributed by atoms with van der Waals surface area (Å²) in [5, 5.41) is 8.96. The molecule has 0 aromatic heterocycles. The maximum Gasteiger partial charge on any atom is 0.335 e. The number of carboxylic acids is 1. The van der Waals surface area contributed by atoms with Crippen LogP contribution in [0.15, 0.2) is 40.9 Å². The number of benzene rings is 2. The van der Waals surface area contributed by atoms with Crippen molar-refractivity contribution in [2.45, 2.75) is 6.92 Å². The van der Waals surface area contributed by atoms with Crippen LogP contribution in [0, 0.1) is 12.7 Å². The smallest absolute Gasteiger partial charge is 0.335 e. The SMILES string of the molecule is Cc1cc(F)ccc1Oc1cc(Br)cc(C(=O)O)c1. The van der Waals surface area contributed by atoms with Gasteiger partial charge in [-0.3, -0.25) is 0 Å². The largest absolute Gasteiger partial charge is 0.478 e. The van der Waals surface area contributed by atoms with Gasteiger partial charge in [0, 0.05) is 4.47 Å². The number of carboxylic acid groups (broad SMARTS) is 1. The second-order valence-electron chi connectivity index (χ2n) is 3.99. The molecule has 0 heterocycles. The summed E-state index contributed by atoms with van der Waals surface area (Å²) in [6.07, 6.45) is 0. The average molecular weight is 325 g/mol. The number of ether oxygens (including phenoxy) is 1. The number of rotatable bonds is 3. The van der Waals surface area contributed by atoms with Crippen LogP contribution in [0.5, 0.6) is 11.5 Å². The van der Waals surface area contributed by atoms with E-state index >= 15 is 0 Å². The van der Waals surface area contributed by atoms with Crippen LogP contribution < -0.4 is 4.74 Å². The van der Waals surface area contributed by atoms with Crippen LogP contribution in [0.25, 0.3) is 0 Å². The molecule has 3 nitrogen and oxygen atoms in total. The molecule has 0 bridgehead atoms. The number of halogens is 2. The number of aryl methyl sites for hydroxylation is 1. The Morgan fingerprint density at radius 3 is 2.63 bits per heavy atom. The van der Waals surface area contributed by atoms with Gasteiger partial charge in [0.1, 0.15) is 17.3 Å². The van der Waals surface area contributed by atoms with Crippen molar-refractivity contribution in [2.75, 3.05) is 0 Å². The Kier molecular flexibility index (Phi) is 3.85. The lowest BCUT2D eigenvalue weighted by atomic mass is 10.2. The first-order valence-corrected chi connectivity index (χ1v) is 6.23. The number of carbonyl (C=O) groups is 1. The molecule has 0 aliphatic rings. The predicted octanol–water partition coefficient (Wildman–Crippen LogP) is 4.39. The second-order valence-corrected chi connectivity index (χ2v) is 4.91. The Balaban J connectivity index is 2.35. The van der Waals surface area contributed by atoms with Gasteiger partial charge in [0.2, 0.25) is 0 Å². The fraction of sp³-hybridized carbons (Fsp3) is 0.0714. The zero-order chi connectivity index (χ0) is 14.0. The second kappa shape index (κ2) is 5.40. The minimum atomic E-state index is -1.04. The highest BCUT2D eigenvalue weighted by Gasteiger charge is 2.09. The Labute approximate surface area is 117 Å². The lowest BCUT2D eigenvalue weighted by Gasteiger charge is -2.09. The molecule has 0 spiro atoms. The van der Waals surface area contributed by atoms with Gasteiger partial charge < -0.3 is 9.84 Å². The third-order valence-electron chi connectivity index (χ3n) is 2.48. The van der Waals surface area contributed by atoms with E-state index in [1.807, 2.05) is 0 Å². The van der Waals surface area contributed by atoms with Gasteiger partial charge in [0.05, 0.1) is 5.56 Å². The summed E-state index contributed by atoms with van der Waals surface area (Å²) in [6.45, 7) is 1.72. The van der Waals surface area contributed by atoms with Crippen molar-refractivity contribution in [3.05, 3.63) is 57.8 Å². The van der Waals surface area contributed by atoms with Crippen LogP contribution in [0.3, 0.4) is 0 Å². The highest BCUT2D eigenvalue weighted by Crippen LogP contribution is 2.28. The van der Waals surface area contributed by atoms with E-state index in [1.165, 1.54) is 30.3 Å². The average Bonchev–Trinajstić information content (AvgIpc) is 2.32. The molecule has 0 unspecified atom stereocenters. The van der Waals surface area contributed by atoms with Crippen LogP contribution >= 0.6 is 15.9 Å². The normalized spacial score (nSPS) is 10.3. The van der Waals surface area contributed by atoms with E-state index in [1.54, 1.807) is 13.0 Å². The third-order valence-corrected chi connectivity index (χ3v) is 2.94. The Bertz CT molecular complexity index is 641. The molecule has 2 aromatic rings. The third kappa shape index (κ3) is 3.32. The van der Waals surface area contributed by atoms with Crippen molar-refractivity contribution in [3.63, 3.8) is 0 Å². The van der Waals surface area contributed by atoms with E-state index in [4.69, 9.17) is 9.84 Å². The molecule has 0 aliphatic heterocycles. The van der Waals surface area contributed by atoms with Gasteiger partial charge in [-0.1, -0.05) is 15.9 Å². The van der Waals surface area contributed by atoms with Gasteiger partial charge in [0.25, 0.3) is 0 Å². The summed E-state index contributed by atoms with van der Waals surface area (Å²) in [5.41, 5.74) is 0.751. The van der Waals surface area contributed by atoms with Crippen LogP contribution in [-0.2, 0) is 0 Å². The zero-order valence-corrected chi connectivity index (χ0v) is 11.6. The molecule has 0 atom stereocenters. The lowest BCUT2D eigenvalue weighted by Crippen LogP contribution is -1.97. The van der Waals surface area contributed by atoms with E-state index < -0.39 is 5.97 Å². The summed E-state index contributed by atoms with van der Waals surface area (Å²) in [6, 6.07) is 8.69. The molecule has 0 aliphatic carbocycles. The fourth-order valence-electron chi connectivity index (χ4n) is 1.60. The van der Waals surface area contributed by atoms with Crippen molar-refractivity contribution >= 4 is 21.9 Å². The number of hydrogen-bond donors (Lipinski definition) is 1. The molecular formula is C14H10BrFO3. The predicted molar refractivity (Wildman–Crippen MR) is 72.3 cm³/mol. The molecule has 19 heavy (non-hydrogen) atoms. The van der Waals surface area contributed by atoms with Crippen LogP contribution in [0.1, 0.15) is 15.9 Å². The monoisotopic (exact) mass is 324 g/mol. The van der Waals surface area contributed by atoms with Gasteiger partial charge >= 0.3 is 5.97 Å². The van der Waals surface area contributed by atoms with Gasteiger partial charge in [-0.05, 0) is 48.9 Å². The molecule has 0 saturated heterocycles. The summed E-state index contributed by atoms with van der Waals surface area (Å²) in [5.74, 6) is -0.524. The van der Waals surface area contributed by atoms with Gasteiger partial charge in [0.15, 0.2) is 0 Å². The summed E-state index contributed by atoms with van der Waals surface area (Å²) < 4.78 is 19.2. The molecule has 0 saturated carbocycles. The molecular weight excluding hydrogens is 315 g/mol. The lowest BCUT2D eigenvalue weighted by molar-refractivity contribution is 0.0696. The molecule has 98 valence electrons. The van der Waals surface area contributed by atoms with Crippen LogP contribution in [-0.4, -0.2) is 11.1 Å². The quantitative estimate of drug-likeness (QED) is 0.910. The molecule has 2 aromatic carbocycles. The first-order valence-electron chi connectivity index (χ1n) is 5.43. The topological polar surface area (TPSA) is 46.5 Å². The molecule has 0 radical (unpaired) electrons. The molecule has 1 N–H and O–H groups in total. The minimum absolute atomic E-state index is 0.115. The first kappa shape index (κ1) is 13.5. The van der Waals surface area contributed by atoms with Gasteiger partial charge in [-0.2, -0.15) is 0 Å². The Hall–Kier alpha value is -1.88. The fourth-order valence-corrected chi connectivity index (χ4v) is 2.07. The summed E-state index contributed by atoms with van der Waals surface area (Å²) in [7, 11) is 0. The molecule has 0 fully saturated rings. The standard InChI is InChI=1S/C14H10BrFO3/c1-8-4-11(16)2-3-13(8)19-12-6-9(14(17)18)5-10(15)7-12/h2-7H,1H3,(H,17,18). The van der Waals surface area contributed by atoms with Crippen LogP contribution in [0.4, 0.5) is 4.39 Å². The summed E-state index contributed by atoms with van der Waals surface area (Å²) in [4.78, 5) is 10.9. The van der Waals surface area contributed by atoms with Crippen molar-refractivity contribution in [2.24, 2.45) is 0 Å². The van der Waals surface area contributed by atoms with E-state index in [-0.39, 0.29) is 11.4 Å². The first-order chi connectivity index (χ1) is 8.95. The highest BCUT2D eigenvalue weighted by atomic mass is 79.9. The van der Waals surface area contributed by atoms with Crippen molar-refractivity contribution < 1.29 is 19.0 Å². The van der Waals surface area contributed by atoms with E-state index in [0.717, 1.165) is 0 Å². The van der Waals surface area contributed by atoms with Crippen molar-refractivity contribution in [1.82, 2.24) is 0 Å². The van der Waals surface area contributed by atoms with E-state index in [2.05, 4.69) is 15.9 Å². The Morgan fingerprint density at radius 1 is 1.26 bits per heavy atom. The molecule has 2 rings (SSSR count). The zero-order valence-electron chi connectivity index (χ0n) is 9.98. The number of hydrogen-bond acceptors (Lipinski definition) is 2.